The number of nitrogens with zero attached hydrogens (tertiary/aromatic N) is 1. The van der Waals surface area contributed by atoms with Crippen LogP contribution in [0.5, 0.6) is 0 Å². The molecule has 1 aromatic rings. The smallest absolute Gasteiger partial charge is 0.244 e. The van der Waals surface area contributed by atoms with Crippen molar-refractivity contribution < 1.29 is 8.42 Å². The van der Waals surface area contributed by atoms with Crippen LogP contribution in [0.25, 0.3) is 0 Å². The summed E-state index contributed by atoms with van der Waals surface area (Å²) in [7, 11) is -3.43. The molecule has 20 heavy (non-hydrogen) atoms. The molecule has 0 aromatic carbocycles. The average Bonchev–Trinajstić information content (AvgIpc) is 2.68. The van der Waals surface area contributed by atoms with Crippen LogP contribution in [-0.4, -0.2) is 25.2 Å². The summed E-state index contributed by atoms with van der Waals surface area (Å²) in [6.07, 6.45) is 5.60. The van der Waals surface area contributed by atoms with Crippen LogP contribution in [0, 0.1) is 19.8 Å². The summed E-state index contributed by atoms with van der Waals surface area (Å²) in [6, 6.07) is 0. The van der Waals surface area contributed by atoms with Gasteiger partial charge in [-0.15, -0.1) is 0 Å². The maximum absolute atomic E-state index is 12.1. The first-order valence-electron chi connectivity index (χ1n) is 7.36. The lowest BCUT2D eigenvalue weighted by atomic mass is 10.0. The third-order valence-electron chi connectivity index (χ3n) is 3.33. The molecule has 116 valence electrons. The number of aryl methyl sites for hydroxylation is 2. The lowest BCUT2D eigenvalue weighted by Crippen LogP contribution is -2.25. The molecule has 1 heterocycles. The second-order valence-corrected chi connectivity index (χ2v) is 7.46. The number of aromatic amines is 1. The molecule has 0 amide bonds. The van der Waals surface area contributed by atoms with Crippen LogP contribution in [0.15, 0.2) is 4.90 Å². The van der Waals surface area contributed by atoms with Crippen molar-refractivity contribution in [1.29, 1.82) is 0 Å². The summed E-state index contributed by atoms with van der Waals surface area (Å²) >= 11 is 0. The van der Waals surface area contributed by atoms with E-state index in [2.05, 4.69) is 28.8 Å². The minimum atomic E-state index is -3.43. The highest BCUT2D eigenvalue weighted by Crippen LogP contribution is 2.16. The van der Waals surface area contributed by atoms with Gasteiger partial charge in [-0.3, -0.25) is 5.10 Å². The topological polar surface area (TPSA) is 74.8 Å². The molecule has 0 bridgehead atoms. The monoisotopic (exact) mass is 301 g/mol. The molecule has 0 aliphatic carbocycles. The number of sulfonamides is 1. The first kappa shape index (κ1) is 17.2. The van der Waals surface area contributed by atoms with Crippen LogP contribution in [0.1, 0.15) is 57.3 Å². The van der Waals surface area contributed by atoms with Gasteiger partial charge in [-0.05, 0) is 26.2 Å². The highest BCUT2D eigenvalue weighted by molar-refractivity contribution is 7.89. The van der Waals surface area contributed by atoms with E-state index in [1.165, 1.54) is 19.3 Å². The molecule has 0 saturated carbocycles. The molecule has 6 heteroatoms. The first-order chi connectivity index (χ1) is 9.34. The highest BCUT2D eigenvalue weighted by Gasteiger charge is 2.21. The molecule has 0 fully saturated rings. The normalized spacial score (nSPS) is 12.2. The summed E-state index contributed by atoms with van der Waals surface area (Å²) in [5.41, 5.74) is 1.11. The van der Waals surface area contributed by atoms with E-state index in [-0.39, 0.29) is 4.90 Å². The Bertz CT molecular complexity index is 487. The Labute approximate surface area is 122 Å². The van der Waals surface area contributed by atoms with Crippen LogP contribution >= 0.6 is 0 Å². The van der Waals surface area contributed by atoms with Gasteiger partial charge in [0.2, 0.25) is 10.0 Å². The number of rotatable bonds is 9. The van der Waals surface area contributed by atoms with Gasteiger partial charge in [-0.1, -0.05) is 39.5 Å². The van der Waals surface area contributed by atoms with Crippen molar-refractivity contribution in [2.45, 2.75) is 64.7 Å². The Balaban J connectivity index is 2.31. The van der Waals surface area contributed by atoms with Gasteiger partial charge in [0.25, 0.3) is 0 Å². The van der Waals surface area contributed by atoms with Gasteiger partial charge in [-0.2, -0.15) is 5.10 Å². The Hall–Kier alpha value is -0.880. The SMILES string of the molecule is Cc1n[nH]c(C)c1S(=O)(=O)NCCCCCCC(C)C. The molecule has 0 aliphatic heterocycles. The van der Waals surface area contributed by atoms with E-state index >= 15 is 0 Å². The number of hydrogen-bond acceptors (Lipinski definition) is 3. The molecule has 1 rings (SSSR count). The van der Waals surface area contributed by atoms with E-state index in [4.69, 9.17) is 0 Å². The van der Waals surface area contributed by atoms with Gasteiger partial charge in [0.1, 0.15) is 4.90 Å². The van der Waals surface area contributed by atoms with E-state index in [1.54, 1.807) is 13.8 Å². The standard InChI is InChI=1S/C14H27N3O2S/c1-11(2)9-7-5-6-8-10-15-20(18,19)14-12(3)16-17-13(14)4/h11,15H,5-10H2,1-4H3,(H,16,17). The summed E-state index contributed by atoms with van der Waals surface area (Å²) in [4.78, 5) is 0.289. The molecule has 2 N–H and O–H groups in total. The van der Waals surface area contributed by atoms with Crippen LogP contribution < -0.4 is 4.72 Å². The highest BCUT2D eigenvalue weighted by atomic mass is 32.2. The van der Waals surface area contributed by atoms with Crippen molar-refractivity contribution in [3.63, 3.8) is 0 Å². The number of H-pyrrole nitrogens is 1. The predicted molar refractivity (Wildman–Crippen MR) is 81.2 cm³/mol. The fourth-order valence-corrected chi connectivity index (χ4v) is 3.69. The van der Waals surface area contributed by atoms with Crippen molar-refractivity contribution in [1.82, 2.24) is 14.9 Å². The van der Waals surface area contributed by atoms with E-state index in [0.717, 1.165) is 18.8 Å². The minimum Gasteiger partial charge on any atom is -0.281 e. The first-order valence-corrected chi connectivity index (χ1v) is 8.84. The third kappa shape index (κ3) is 5.25. The van der Waals surface area contributed by atoms with Crippen molar-refractivity contribution >= 4 is 10.0 Å². The number of aromatic nitrogens is 2. The van der Waals surface area contributed by atoms with Gasteiger partial charge in [0.15, 0.2) is 0 Å². The molecular formula is C14H27N3O2S. The Kier molecular flexibility index (Phi) is 6.68. The van der Waals surface area contributed by atoms with Crippen LogP contribution in [-0.2, 0) is 10.0 Å². The average molecular weight is 301 g/mol. The molecule has 0 radical (unpaired) electrons. The molecule has 0 atom stereocenters. The van der Waals surface area contributed by atoms with E-state index in [1.807, 2.05) is 0 Å². The quantitative estimate of drug-likeness (QED) is 0.689. The fraction of sp³-hybridized carbons (Fsp3) is 0.786. The number of hydrogen-bond donors (Lipinski definition) is 2. The Morgan fingerprint density at radius 1 is 1.15 bits per heavy atom. The van der Waals surface area contributed by atoms with Crippen LogP contribution in [0.4, 0.5) is 0 Å². The van der Waals surface area contributed by atoms with Crippen LogP contribution in [0.3, 0.4) is 0 Å². The van der Waals surface area contributed by atoms with Gasteiger partial charge in [0, 0.05) is 6.54 Å². The largest absolute Gasteiger partial charge is 0.281 e. The molecule has 5 nitrogen and oxygen atoms in total. The number of unbranched alkanes of at least 4 members (excludes halogenated alkanes) is 3. The zero-order chi connectivity index (χ0) is 15.2. The second-order valence-electron chi connectivity index (χ2n) is 5.76. The van der Waals surface area contributed by atoms with Crippen LogP contribution in [0.2, 0.25) is 0 Å². The maximum atomic E-state index is 12.1. The molecule has 0 unspecified atom stereocenters. The Morgan fingerprint density at radius 2 is 1.80 bits per heavy atom. The van der Waals surface area contributed by atoms with Gasteiger partial charge in [-0.25, -0.2) is 13.1 Å². The second kappa shape index (κ2) is 7.78. The zero-order valence-corrected chi connectivity index (χ0v) is 13.8. The van der Waals surface area contributed by atoms with E-state index in [9.17, 15) is 8.42 Å². The summed E-state index contributed by atoms with van der Waals surface area (Å²) in [6.45, 7) is 8.37. The lowest BCUT2D eigenvalue weighted by Gasteiger charge is -2.07. The van der Waals surface area contributed by atoms with Crippen molar-refractivity contribution in [2.75, 3.05) is 6.54 Å². The Morgan fingerprint density at radius 3 is 2.35 bits per heavy atom. The van der Waals surface area contributed by atoms with E-state index in [0.29, 0.717) is 17.9 Å². The number of nitrogens with one attached hydrogen (secondary N) is 2. The molecule has 1 aromatic heterocycles. The van der Waals surface area contributed by atoms with Crippen molar-refractivity contribution in [3.8, 4) is 0 Å². The maximum Gasteiger partial charge on any atom is 0.244 e. The summed E-state index contributed by atoms with van der Waals surface area (Å²) < 4.78 is 26.9. The zero-order valence-electron chi connectivity index (χ0n) is 13.0. The van der Waals surface area contributed by atoms with E-state index < -0.39 is 10.0 Å². The minimum absolute atomic E-state index is 0.289. The van der Waals surface area contributed by atoms with Crippen molar-refractivity contribution in [2.24, 2.45) is 5.92 Å². The molecule has 0 spiro atoms. The summed E-state index contributed by atoms with van der Waals surface area (Å²) in [5, 5.41) is 6.63. The third-order valence-corrected chi connectivity index (χ3v) is 5.05. The van der Waals surface area contributed by atoms with Gasteiger partial charge < -0.3 is 0 Å². The van der Waals surface area contributed by atoms with Gasteiger partial charge >= 0.3 is 0 Å². The van der Waals surface area contributed by atoms with Gasteiger partial charge in [0.05, 0.1) is 11.4 Å². The molecule has 0 aliphatic rings. The lowest BCUT2D eigenvalue weighted by molar-refractivity contribution is 0.517. The molecular weight excluding hydrogens is 274 g/mol. The summed E-state index contributed by atoms with van der Waals surface area (Å²) in [5.74, 6) is 0.751. The molecule has 0 saturated heterocycles. The van der Waals surface area contributed by atoms with Crippen molar-refractivity contribution in [3.05, 3.63) is 11.4 Å². The predicted octanol–water partition coefficient (Wildman–Crippen LogP) is 2.91. The fourth-order valence-electron chi connectivity index (χ4n) is 2.25.